The van der Waals surface area contributed by atoms with E-state index in [4.69, 9.17) is 5.73 Å². The molecule has 0 saturated heterocycles. The van der Waals surface area contributed by atoms with Crippen molar-refractivity contribution in [1.82, 2.24) is 19.4 Å². The number of nitrogen functional groups attached to an aromatic ring is 1. The largest absolute Gasteiger partial charge is 0.381 e. The van der Waals surface area contributed by atoms with Crippen LogP contribution in [0.5, 0.6) is 0 Å². The second-order valence-electron chi connectivity index (χ2n) is 5.49. The lowest BCUT2D eigenvalue weighted by Crippen LogP contribution is -2.05. The highest BCUT2D eigenvalue weighted by atomic mass is 19.1. The summed E-state index contributed by atoms with van der Waals surface area (Å²) in [6.45, 7) is 0. The van der Waals surface area contributed by atoms with Gasteiger partial charge in [-0.05, 0) is 6.07 Å². The Hall–Kier alpha value is -3.48. The summed E-state index contributed by atoms with van der Waals surface area (Å²) in [7, 11) is 1.69. The Morgan fingerprint density at radius 1 is 1.08 bits per heavy atom. The first-order valence-electron chi connectivity index (χ1n) is 7.71. The van der Waals surface area contributed by atoms with Crippen LogP contribution in [0.3, 0.4) is 0 Å². The topological polar surface area (TPSA) is 81.1 Å². The Morgan fingerprint density at radius 2 is 1.88 bits per heavy atom. The first-order chi connectivity index (χ1) is 12.2. The molecule has 0 spiro atoms. The second-order valence-corrected chi connectivity index (χ2v) is 5.49. The van der Waals surface area contributed by atoms with Crippen molar-refractivity contribution in [2.24, 2.45) is 0 Å². The predicted octanol–water partition coefficient (Wildman–Crippen LogP) is 3.22. The van der Waals surface area contributed by atoms with Gasteiger partial charge in [-0.3, -0.25) is 4.40 Å². The summed E-state index contributed by atoms with van der Waals surface area (Å²) >= 11 is 0. The van der Waals surface area contributed by atoms with Crippen LogP contribution >= 0.6 is 0 Å². The molecule has 0 amide bonds. The molecular formula is C18H15FN6. The number of aromatic nitrogens is 4. The first-order valence-corrected chi connectivity index (χ1v) is 7.71. The van der Waals surface area contributed by atoms with Gasteiger partial charge in [0.1, 0.15) is 5.82 Å². The molecule has 0 unspecified atom stereocenters. The number of fused-ring (bicyclic) bond motifs is 1. The minimum absolute atomic E-state index is 0.316. The Bertz CT molecular complexity index is 1060. The van der Waals surface area contributed by atoms with Crippen LogP contribution in [-0.2, 0) is 0 Å². The van der Waals surface area contributed by atoms with Gasteiger partial charge < -0.3 is 11.1 Å². The number of hydrogen-bond acceptors (Lipinski definition) is 5. The monoisotopic (exact) mass is 334 g/mol. The van der Waals surface area contributed by atoms with Crippen molar-refractivity contribution in [3.8, 4) is 22.5 Å². The maximum absolute atomic E-state index is 14.0. The maximum atomic E-state index is 14.0. The fourth-order valence-corrected chi connectivity index (χ4v) is 2.85. The van der Waals surface area contributed by atoms with Gasteiger partial charge in [0.15, 0.2) is 11.5 Å². The van der Waals surface area contributed by atoms with Gasteiger partial charge in [0.2, 0.25) is 5.95 Å². The van der Waals surface area contributed by atoms with E-state index in [1.54, 1.807) is 25.5 Å². The molecule has 0 aliphatic heterocycles. The fourth-order valence-electron chi connectivity index (χ4n) is 2.85. The molecule has 124 valence electrons. The smallest absolute Gasteiger partial charge is 0.215 e. The highest BCUT2D eigenvalue weighted by Crippen LogP contribution is 2.33. The number of halogens is 1. The van der Waals surface area contributed by atoms with Crippen LogP contribution in [0.4, 0.5) is 16.0 Å². The van der Waals surface area contributed by atoms with Crippen LogP contribution in [0.1, 0.15) is 0 Å². The number of pyridine rings is 1. The number of imidazole rings is 1. The molecule has 0 bridgehead atoms. The number of nitrogens with zero attached hydrogens (tertiary/aromatic N) is 4. The van der Waals surface area contributed by atoms with Gasteiger partial charge in [-0.25, -0.2) is 15.0 Å². The third-order valence-corrected chi connectivity index (χ3v) is 3.94. The number of nitrogens with one attached hydrogen (secondary N) is 1. The summed E-state index contributed by atoms with van der Waals surface area (Å²) in [6.07, 6.45) is 3.43. The van der Waals surface area contributed by atoms with Gasteiger partial charge in [-0.2, -0.15) is 4.39 Å². The second kappa shape index (κ2) is 5.86. The third-order valence-electron chi connectivity index (χ3n) is 3.94. The SMILES string of the molecule is CNc1cc(-c2c(-c3ccccc3)nc(N)c3nccn23)cc(F)n1. The Balaban J connectivity index is 2.10. The van der Waals surface area contributed by atoms with Crippen LogP contribution in [0, 0.1) is 5.95 Å². The lowest BCUT2D eigenvalue weighted by molar-refractivity contribution is 0.586. The molecular weight excluding hydrogens is 319 g/mol. The number of anilines is 2. The van der Waals surface area contributed by atoms with Crippen molar-refractivity contribution in [3.63, 3.8) is 0 Å². The zero-order valence-electron chi connectivity index (χ0n) is 13.4. The normalized spacial score (nSPS) is 11.0. The zero-order chi connectivity index (χ0) is 17.4. The number of nitrogens with two attached hydrogens (primary N) is 1. The lowest BCUT2D eigenvalue weighted by Gasteiger charge is -2.14. The van der Waals surface area contributed by atoms with E-state index in [1.807, 2.05) is 34.7 Å². The average Bonchev–Trinajstić information content (AvgIpc) is 3.12. The van der Waals surface area contributed by atoms with Gasteiger partial charge in [0.25, 0.3) is 0 Å². The van der Waals surface area contributed by atoms with E-state index in [1.165, 1.54) is 6.07 Å². The predicted molar refractivity (Wildman–Crippen MR) is 95.6 cm³/mol. The molecule has 7 heteroatoms. The minimum Gasteiger partial charge on any atom is -0.381 e. The van der Waals surface area contributed by atoms with Crippen LogP contribution in [0.25, 0.3) is 28.2 Å². The summed E-state index contributed by atoms with van der Waals surface area (Å²) in [5.41, 5.74) is 9.46. The van der Waals surface area contributed by atoms with Gasteiger partial charge in [-0.1, -0.05) is 30.3 Å². The van der Waals surface area contributed by atoms with Crippen molar-refractivity contribution in [2.75, 3.05) is 18.1 Å². The number of rotatable bonds is 3. The maximum Gasteiger partial charge on any atom is 0.215 e. The fraction of sp³-hybridized carbons (Fsp3) is 0.0556. The third kappa shape index (κ3) is 2.55. The van der Waals surface area contributed by atoms with E-state index in [-0.39, 0.29) is 0 Å². The summed E-state index contributed by atoms with van der Waals surface area (Å²) in [5, 5.41) is 2.87. The van der Waals surface area contributed by atoms with Gasteiger partial charge in [0.05, 0.1) is 11.4 Å². The summed E-state index contributed by atoms with van der Waals surface area (Å²) in [5.74, 6) is 0.168. The van der Waals surface area contributed by atoms with E-state index < -0.39 is 5.95 Å². The molecule has 0 aliphatic carbocycles. The minimum atomic E-state index is -0.578. The van der Waals surface area contributed by atoms with Crippen LogP contribution in [0.15, 0.2) is 54.9 Å². The molecule has 3 aromatic heterocycles. The average molecular weight is 334 g/mol. The molecule has 0 fully saturated rings. The van der Waals surface area contributed by atoms with Crippen molar-refractivity contribution in [3.05, 3.63) is 60.8 Å². The molecule has 0 radical (unpaired) electrons. The molecule has 0 atom stereocenters. The van der Waals surface area contributed by atoms with Gasteiger partial charge in [0, 0.05) is 36.6 Å². The molecule has 0 aliphatic rings. The molecule has 3 heterocycles. The molecule has 25 heavy (non-hydrogen) atoms. The van der Waals surface area contributed by atoms with Crippen molar-refractivity contribution in [1.29, 1.82) is 0 Å². The highest BCUT2D eigenvalue weighted by Gasteiger charge is 2.18. The van der Waals surface area contributed by atoms with E-state index in [9.17, 15) is 4.39 Å². The van der Waals surface area contributed by atoms with Crippen LogP contribution in [0.2, 0.25) is 0 Å². The van der Waals surface area contributed by atoms with Crippen LogP contribution in [-0.4, -0.2) is 26.4 Å². The Morgan fingerprint density at radius 3 is 2.64 bits per heavy atom. The molecule has 4 aromatic rings. The van der Waals surface area contributed by atoms with Gasteiger partial charge in [-0.15, -0.1) is 0 Å². The molecule has 4 rings (SSSR count). The van der Waals surface area contributed by atoms with Crippen molar-refractivity contribution in [2.45, 2.75) is 0 Å². The van der Waals surface area contributed by atoms with E-state index in [0.29, 0.717) is 34.2 Å². The first kappa shape index (κ1) is 15.1. The van der Waals surface area contributed by atoms with E-state index >= 15 is 0 Å². The highest BCUT2D eigenvalue weighted by molar-refractivity contribution is 5.83. The summed E-state index contributed by atoms with van der Waals surface area (Å²) in [4.78, 5) is 12.6. The van der Waals surface area contributed by atoms with Crippen molar-refractivity contribution < 1.29 is 4.39 Å². The standard InChI is InChI=1S/C18H15FN6/c1-21-14-10-12(9-13(19)23-14)16-15(11-5-3-2-4-6-11)24-17(20)18-22-7-8-25(16)18/h2-10H,1H3,(H2,20,24)(H,21,23). The Kier molecular flexibility index (Phi) is 3.53. The molecule has 1 aromatic carbocycles. The quantitative estimate of drug-likeness (QED) is 0.562. The van der Waals surface area contributed by atoms with Crippen molar-refractivity contribution >= 4 is 17.3 Å². The number of benzene rings is 1. The Labute approximate surface area is 143 Å². The van der Waals surface area contributed by atoms with E-state index in [2.05, 4.69) is 20.3 Å². The number of hydrogen-bond donors (Lipinski definition) is 2. The molecule has 3 N–H and O–H groups in total. The lowest BCUT2D eigenvalue weighted by atomic mass is 10.0. The van der Waals surface area contributed by atoms with Gasteiger partial charge >= 0.3 is 0 Å². The van der Waals surface area contributed by atoms with Crippen LogP contribution < -0.4 is 11.1 Å². The summed E-state index contributed by atoms with van der Waals surface area (Å²) < 4.78 is 15.8. The summed E-state index contributed by atoms with van der Waals surface area (Å²) in [6, 6.07) is 12.8. The molecule has 6 nitrogen and oxygen atoms in total. The van der Waals surface area contributed by atoms with E-state index in [0.717, 1.165) is 5.56 Å². The zero-order valence-corrected chi connectivity index (χ0v) is 13.4. The molecule has 0 saturated carbocycles.